The van der Waals surface area contributed by atoms with Gasteiger partial charge in [0.2, 0.25) is 0 Å². The Morgan fingerprint density at radius 1 is 1.37 bits per heavy atom. The van der Waals surface area contributed by atoms with Crippen LogP contribution in [0.25, 0.3) is 0 Å². The minimum atomic E-state index is -1.28. The fraction of sp³-hybridized carbons (Fsp3) is 0.333. The molecule has 0 radical (unpaired) electrons. The van der Waals surface area contributed by atoms with Crippen LogP contribution in [0.3, 0.4) is 0 Å². The molecular weight excluding hydrogens is 291 g/mol. The molecular formula is C12H12Cl2N2O3. The van der Waals surface area contributed by atoms with E-state index in [0.717, 1.165) is 0 Å². The van der Waals surface area contributed by atoms with E-state index in [-0.39, 0.29) is 0 Å². The number of benzene rings is 1. The number of nitriles is 1. The average Bonchev–Trinajstić information content (AvgIpc) is 2.43. The van der Waals surface area contributed by atoms with Gasteiger partial charge in [-0.05, 0) is 17.7 Å². The first-order valence-electron chi connectivity index (χ1n) is 5.37. The maximum Gasteiger partial charge on any atom is 0.253 e. The minimum absolute atomic E-state index is 0.446. The Balaban J connectivity index is 2.80. The highest BCUT2D eigenvalue weighted by atomic mass is 35.5. The minimum Gasteiger partial charge on any atom is -0.394 e. The van der Waals surface area contributed by atoms with Crippen molar-refractivity contribution in [2.24, 2.45) is 0 Å². The van der Waals surface area contributed by atoms with Gasteiger partial charge in [-0.3, -0.25) is 4.79 Å². The van der Waals surface area contributed by atoms with Gasteiger partial charge in [-0.2, -0.15) is 5.26 Å². The Morgan fingerprint density at radius 2 is 1.95 bits per heavy atom. The lowest BCUT2D eigenvalue weighted by atomic mass is 10.0. The molecule has 0 heterocycles. The highest BCUT2D eigenvalue weighted by Gasteiger charge is 2.24. The van der Waals surface area contributed by atoms with E-state index < -0.39 is 29.5 Å². The summed E-state index contributed by atoms with van der Waals surface area (Å²) in [6.07, 6.45) is -1.13. The molecule has 0 aliphatic rings. The van der Waals surface area contributed by atoms with Crippen LogP contribution in [0.5, 0.6) is 0 Å². The van der Waals surface area contributed by atoms with E-state index in [1.165, 1.54) is 24.3 Å². The van der Waals surface area contributed by atoms with Crippen molar-refractivity contribution >= 4 is 29.1 Å². The maximum atomic E-state index is 11.3. The largest absolute Gasteiger partial charge is 0.394 e. The van der Waals surface area contributed by atoms with Gasteiger partial charge in [0, 0.05) is 0 Å². The normalized spacial score (nSPS) is 13.7. The molecule has 7 heteroatoms. The number of hydrogen-bond donors (Lipinski definition) is 3. The van der Waals surface area contributed by atoms with E-state index in [4.69, 9.17) is 28.5 Å². The van der Waals surface area contributed by atoms with Gasteiger partial charge in [0.15, 0.2) is 4.84 Å². The molecule has 0 saturated heterocycles. The fourth-order valence-corrected chi connectivity index (χ4v) is 1.58. The highest BCUT2D eigenvalue weighted by molar-refractivity contribution is 6.53. The molecule has 1 aromatic carbocycles. The molecule has 2 unspecified atom stereocenters. The van der Waals surface area contributed by atoms with Gasteiger partial charge in [-0.25, -0.2) is 0 Å². The molecule has 0 bridgehead atoms. The summed E-state index contributed by atoms with van der Waals surface area (Å²) < 4.78 is 0. The number of hydrogen-bond acceptors (Lipinski definition) is 4. The van der Waals surface area contributed by atoms with Crippen molar-refractivity contribution in [3.8, 4) is 6.07 Å². The van der Waals surface area contributed by atoms with Crippen LogP contribution in [0, 0.1) is 11.3 Å². The molecule has 1 rings (SSSR count). The third kappa shape index (κ3) is 4.37. The topological polar surface area (TPSA) is 93.3 Å². The third-order valence-electron chi connectivity index (χ3n) is 2.48. The summed E-state index contributed by atoms with van der Waals surface area (Å²) >= 11 is 10.7. The van der Waals surface area contributed by atoms with Gasteiger partial charge in [0.05, 0.1) is 24.3 Å². The van der Waals surface area contributed by atoms with E-state index in [0.29, 0.717) is 11.1 Å². The van der Waals surface area contributed by atoms with Crippen LogP contribution < -0.4 is 5.32 Å². The molecule has 102 valence electrons. The van der Waals surface area contributed by atoms with Crippen LogP contribution in [0.15, 0.2) is 24.3 Å². The second-order valence-corrected chi connectivity index (χ2v) is 4.87. The molecule has 0 fully saturated rings. The van der Waals surface area contributed by atoms with Crippen LogP contribution in [0.1, 0.15) is 17.2 Å². The molecule has 0 aromatic heterocycles. The molecule has 19 heavy (non-hydrogen) atoms. The van der Waals surface area contributed by atoms with Crippen LogP contribution in [0.4, 0.5) is 0 Å². The van der Waals surface area contributed by atoms with Crippen LogP contribution >= 0.6 is 23.2 Å². The summed E-state index contributed by atoms with van der Waals surface area (Å²) in [6, 6.07) is 7.15. The van der Waals surface area contributed by atoms with Gasteiger partial charge >= 0.3 is 0 Å². The Kier molecular flexibility index (Phi) is 6.06. The van der Waals surface area contributed by atoms with E-state index in [2.05, 4.69) is 5.32 Å². The number of halogens is 2. The molecule has 1 aromatic rings. The molecule has 0 saturated carbocycles. The average molecular weight is 303 g/mol. The van der Waals surface area contributed by atoms with E-state index in [1.54, 1.807) is 0 Å². The number of amides is 1. The van der Waals surface area contributed by atoms with Gasteiger partial charge in [0.1, 0.15) is 6.10 Å². The third-order valence-corrected chi connectivity index (χ3v) is 2.88. The van der Waals surface area contributed by atoms with Crippen LogP contribution in [-0.2, 0) is 4.79 Å². The SMILES string of the molecule is N#Cc1ccc(C(O)C(CO)NC(=O)C(Cl)Cl)cc1. The Labute approximate surface area is 120 Å². The van der Waals surface area contributed by atoms with Crippen molar-refractivity contribution in [2.75, 3.05) is 6.61 Å². The number of rotatable bonds is 5. The summed E-state index contributed by atoms with van der Waals surface area (Å²) in [5.41, 5.74) is 0.904. The fourth-order valence-electron chi connectivity index (χ4n) is 1.46. The zero-order chi connectivity index (χ0) is 14.4. The van der Waals surface area contributed by atoms with Crippen molar-refractivity contribution < 1.29 is 15.0 Å². The summed E-state index contributed by atoms with van der Waals surface area (Å²) in [5.74, 6) is -0.699. The maximum absolute atomic E-state index is 11.3. The van der Waals surface area contributed by atoms with E-state index in [1.807, 2.05) is 6.07 Å². The highest BCUT2D eigenvalue weighted by Crippen LogP contribution is 2.18. The lowest BCUT2D eigenvalue weighted by Crippen LogP contribution is -2.44. The molecule has 0 aliphatic carbocycles. The molecule has 0 aliphatic heterocycles. The molecule has 3 N–H and O–H groups in total. The van der Waals surface area contributed by atoms with Crippen molar-refractivity contribution in [1.29, 1.82) is 5.26 Å². The first kappa shape index (κ1) is 15.7. The monoisotopic (exact) mass is 302 g/mol. The van der Waals surface area contributed by atoms with Gasteiger partial charge in [0.25, 0.3) is 5.91 Å². The molecule has 5 nitrogen and oxygen atoms in total. The number of carbonyl (C=O) groups is 1. The second-order valence-electron chi connectivity index (χ2n) is 3.78. The van der Waals surface area contributed by atoms with Crippen LogP contribution in [-0.4, -0.2) is 33.6 Å². The first-order chi connectivity index (χ1) is 8.99. The zero-order valence-corrected chi connectivity index (χ0v) is 11.3. The Bertz CT molecular complexity index is 471. The first-order valence-corrected chi connectivity index (χ1v) is 6.24. The zero-order valence-electron chi connectivity index (χ0n) is 9.75. The predicted molar refractivity (Wildman–Crippen MR) is 70.6 cm³/mol. The Morgan fingerprint density at radius 3 is 2.37 bits per heavy atom. The summed E-state index contributed by atoms with van der Waals surface area (Å²) in [7, 11) is 0. The second kappa shape index (κ2) is 7.31. The predicted octanol–water partition coefficient (Wildman–Crippen LogP) is 0.872. The summed E-state index contributed by atoms with van der Waals surface area (Å²) in [4.78, 5) is 10.0. The van der Waals surface area contributed by atoms with E-state index >= 15 is 0 Å². The number of aliphatic hydroxyl groups is 2. The number of nitrogens with one attached hydrogen (secondary N) is 1. The number of nitrogens with zero attached hydrogens (tertiary/aromatic N) is 1. The van der Waals surface area contributed by atoms with Crippen molar-refractivity contribution in [1.82, 2.24) is 5.32 Å². The molecule has 0 spiro atoms. The van der Waals surface area contributed by atoms with Gasteiger partial charge < -0.3 is 15.5 Å². The summed E-state index contributed by atoms with van der Waals surface area (Å²) in [6.45, 7) is -0.479. The van der Waals surface area contributed by atoms with Crippen molar-refractivity contribution in [2.45, 2.75) is 17.0 Å². The standard InChI is InChI=1S/C12H12Cl2N2O3/c13-11(14)12(19)16-9(6-17)10(18)8-3-1-7(5-15)2-4-8/h1-4,9-11,17-18H,6H2,(H,16,19). The smallest absolute Gasteiger partial charge is 0.253 e. The van der Waals surface area contributed by atoms with Gasteiger partial charge in [-0.15, -0.1) is 0 Å². The molecule has 2 atom stereocenters. The molecule has 1 amide bonds. The van der Waals surface area contributed by atoms with Crippen molar-refractivity contribution in [3.63, 3.8) is 0 Å². The van der Waals surface area contributed by atoms with Crippen molar-refractivity contribution in [3.05, 3.63) is 35.4 Å². The lowest BCUT2D eigenvalue weighted by Gasteiger charge is -2.22. The number of carbonyl (C=O) groups excluding carboxylic acids is 1. The number of alkyl halides is 2. The number of aliphatic hydroxyl groups excluding tert-OH is 2. The van der Waals surface area contributed by atoms with E-state index in [9.17, 15) is 15.0 Å². The quantitative estimate of drug-likeness (QED) is 0.704. The Hall–Kier alpha value is -1.32. The lowest BCUT2D eigenvalue weighted by molar-refractivity contribution is -0.121. The summed E-state index contributed by atoms with van der Waals surface area (Å²) in [5, 5.41) is 30.2. The van der Waals surface area contributed by atoms with Crippen LogP contribution in [0.2, 0.25) is 0 Å². The van der Waals surface area contributed by atoms with Gasteiger partial charge in [-0.1, -0.05) is 35.3 Å².